The molecular weight excluding hydrogens is 340 g/mol. The Balaban J connectivity index is -0.000000134. The predicted octanol–water partition coefficient (Wildman–Crippen LogP) is 0.953. The molecule has 8 nitrogen and oxygen atoms in total. The lowest BCUT2D eigenvalue weighted by Gasteiger charge is -1.95. The summed E-state index contributed by atoms with van der Waals surface area (Å²) in [5.74, 6) is 0. The Labute approximate surface area is 158 Å². The number of hydrogen-bond acceptors (Lipinski definition) is 4. The van der Waals surface area contributed by atoms with Crippen molar-refractivity contribution >= 4 is 12.3 Å². The Hall–Kier alpha value is -1.54. The van der Waals surface area contributed by atoms with Crippen molar-refractivity contribution in [2.24, 2.45) is 0 Å². The summed E-state index contributed by atoms with van der Waals surface area (Å²) in [7, 11) is 0. The first-order valence-corrected chi connectivity index (χ1v) is 9.68. The van der Waals surface area contributed by atoms with Crippen LogP contribution in [-0.4, -0.2) is 35.6 Å². The summed E-state index contributed by atoms with van der Waals surface area (Å²) < 4.78 is 0. The van der Waals surface area contributed by atoms with E-state index in [4.69, 9.17) is 30.0 Å². The molecule has 0 atom stereocenters. The van der Waals surface area contributed by atoms with Crippen LogP contribution in [0.25, 0.3) is 0 Å². The van der Waals surface area contributed by atoms with Crippen LogP contribution in [0.5, 0.6) is 0 Å². The lowest BCUT2D eigenvalue weighted by molar-refractivity contribution is -0.368. The SMILES string of the molecule is CCCCCCCC[NH3+].CCCCCCCC[NH3+].O=C([O-])O.O=C([O-])O. The molecule has 0 spiro atoms. The summed E-state index contributed by atoms with van der Waals surface area (Å²) in [4.78, 5) is 16.9. The molecule has 8 N–H and O–H groups in total. The van der Waals surface area contributed by atoms with Gasteiger partial charge in [-0.15, -0.1) is 0 Å². The third kappa shape index (κ3) is 94.5. The molecule has 0 fully saturated rings. The van der Waals surface area contributed by atoms with Crippen LogP contribution in [0.4, 0.5) is 9.59 Å². The van der Waals surface area contributed by atoms with E-state index >= 15 is 0 Å². The standard InChI is InChI=1S/2C8H19N.2CH2O3/c2*1-2-3-4-5-6-7-8-9;2*2-1(3)4/h2*2-9H2,1H3;2*(H2,2,3,4). The lowest BCUT2D eigenvalue weighted by Crippen LogP contribution is -2.50. The van der Waals surface area contributed by atoms with E-state index in [1.54, 1.807) is 0 Å². The molecule has 0 aromatic heterocycles. The fourth-order valence-electron chi connectivity index (χ4n) is 1.91. The van der Waals surface area contributed by atoms with Crippen LogP contribution in [0.1, 0.15) is 90.9 Å². The van der Waals surface area contributed by atoms with Crippen LogP contribution in [0.15, 0.2) is 0 Å². The van der Waals surface area contributed by atoms with E-state index in [0.717, 1.165) is 13.1 Å². The van der Waals surface area contributed by atoms with Crippen LogP contribution in [-0.2, 0) is 0 Å². The maximum atomic E-state index is 8.44. The van der Waals surface area contributed by atoms with E-state index < -0.39 is 12.3 Å². The van der Waals surface area contributed by atoms with Gasteiger partial charge in [0, 0.05) is 0 Å². The van der Waals surface area contributed by atoms with Gasteiger partial charge in [-0.05, 0) is 25.7 Å². The number of unbranched alkanes of at least 4 members (excludes halogenated alkanes) is 10. The Morgan fingerprint density at radius 3 is 1.00 bits per heavy atom. The largest absolute Gasteiger partial charge is 0.565 e. The highest BCUT2D eigenvalue weighted by Gasteiger charge is 1.87. The Bertz CT molecular complexity index is 220. The van der Waals surface area contributed by atoms with Gasteiger partial charge >= 0.3 is 0 Å². The van der Waals surface area contributed by atoms with Gasteiger partial charge in [0.15, 0.2) is 0 Å². The fourth-order valence-corrected chi connectivity index (χ4v) is 1.91. The zero-order valence-corrected chi connectivity index (χ0v) is 16.8. The second kappa shape index (κ2) is 34.7. The zero-order chi connectivity index (χ0) is 21.1. The molecule has 0 aliphatic carbocycles. The molecule has 0 rings (SSSR count). The van der Waals surface area contributed by atoms with E-state index in [9.17, 15) is 0 Å². The normalized spacial score (nSPS) is 8.77. The van der Waals surface area contributed by atoms with Gasteiger partial charge in [0.05, 0.1) is 13.1 Å². The summed E-state index contributed by atoms with van der Waals surface area (Å²) in [5, 5.41) is 30.6. The Morgan fingerprint density at radius 1 is 0.615 bits per heavy atom. The van der Waals surface area contributed by atoms with Crippen molar-refractivity contribution in [2.45, 2.75) is 90.9 Å². The third-order valence-corrected chi connectivity index (χ3v) is 3.21. The Kier molecular flexibility index (Phi) is 43.0. The molecular formula is C18H42N2O6. The second-order valence-electron chi connectivity index (χ2n) is 5.77. The fraction of sp³-hybridized carbons (Fsp3) is 0.889. The topological polar surface area (TPSA) is 176 Å². The third-order valence-electron chi connectivity index (χ3n) is 3.21. The van der Waals surface area contributed by atoms with Gasteiger partial charge < -0.3 is 41.5 Å². The number of hydrogen-bond donors (Lipinski definition) is 4. The molecule has 0 aliphatic heterocycles. The van der Waals surface area contributed by atoms with Gasteiger partial charge in [0.2, 0.25) is 12.3 Å². The van der Waals surface area contributed by atoms with Crippen LogP contribution in [0.2, 0.25) is 0 Å². The van der Waals surface area contributed by atoms with Crippen LogP contribution < -0.4 is 21.7 Å². The van der Waals surface area contributed by atoms with Gasteiger partial charge in [-0.25, -0.2) is 0 Å². The van der Waals surface area contributed by atoms with E-state index in [1.165, 1.54) is 77.0 Å². The molecule has 0 saturated carbocycles. The summed E-state index contributed by atoms with van der Waals surface area (Å²) in [6, 6.07) is 0. The maximum Gasteiger partial charge on any atom is 0.249 e. The summed E-state index contributed by atoms with van der Waals surface area (Å²) in [6.07, 6.45) is 12.5. The zero-order valence-electron chi connectivity index (χ0n) is 16.8. The average molecular weight is 383 g/mol. The molecule has 0 aliphatic rings. The number of carboxylic acid groups (broad SMARTS) is 4. The smallest absolute Gasteiger partial charge is 0.249 e. The number of carbonyl (C=O) groups is 2. The Morgan fingerprint density at radius 2 is 0.808 bits per heavy atom. The molecule has 0 bridgehead atoms. The van der Waals surface area contributed by atoms with Crippen molar-refractivity contribution in [3.05, 3.63) is 0 Å². The highest BCUT2D eigenvalue weighted by Crippen LogP contribution is 2.03. The van der Waals surface area contributed by atoms with Crippen molar-refractivity contribution in [1.29, 1.82) is 0 Å². The highest BCUT2D eigenvalue weighted by atomic mass is 16.6. The molecule has 0 aromatic rings. The molecule has 8 heteroatoms. The van der Waals surface area contributed by atoms with E-state index in [1.807, 2.05) is 0 Å². The predicted molar refractivity (Wildman–Crippen MR) is 98.3 cm³/mol. The monoisotopic (exact) mass is 382 g/mol. The molecule has 0 aromatic carbocycles. The second-order valence-corrected chi connectivity index (χ2v) is 5.77. The van der Waals surface area contributed by atoms with Crippen molar-refractivity contribution in [1.82, 2.24) is 0 Å². The van der Waals surface area contributed by atoms with E-state index in [0.29, 0.717) is 0 Å². The first-order valence-electron chi connectivity index (χ1n) is 9.68. The van der Waals surface area contributed by atoms with Crippen molar-refractivity contribution in [3.63, 3.8) is 0 Å². The molecule has 0 unspecified atom stereocenters. The molecule has 0 saturated heterocycles. The van der Waals surface area contributed by atoms with E-state index in [-0.39, 0.29) is 0 Å². The first kappa shape index (κ1) is 32.2. The highest BCUT2D eigenvalue weighted by molar-refractivity contribution is 5.50. The van der Waals surface area contributed by atoms with Crippen LogP contribution >= 0.6 is 0 Å². The van der Waals surface area contributed by atoms with E-state index in [2.05, 4.69) is 25.3 Å². The van der Waals surface area contributed by atoms with Gasteiger partial charge in [0.25, 0.3) is 0 Å². The molecule has 0 heterocycles. The lowest BCUT2D eigenvalue weighted by atomic mass is 10.1. The summed E-state index contributed by atoms with van der Waals surface area (Å²) in [6.45, 7) is 6.74. The van der Waals surface area contributed by atoms with Gasteiger partial charge in [-0.2, -0.15) is 0 Å². The molecule has 26 heavy (non-hydrogen) atoms. The van der Waals surface area contributed by atoms with Gasteiger partial charge in [-0.1, -0.05) is 65.2 Å². The minimum Gasteiger partial charge on any atom is -0.565 e. The number of rotatable bonds is 12. The summed E-state index contributed by atoms with van der Waals surface area (Å²) >= 11 is 0. The minimum absolute atomic E-state index is 1.12. The first-order chi connectivity index (χ1) is 12.3. The molecule has 0 radical (unpaired) electrons. The number of quaternary nitrogens is 2. The van der Waals surface area contributed by atoms with Gasteiger partial charge in [-0.3, -0.25) is 0 Å². The van der Waals surface area contributed by atoms with Crippen LogP contribution in [0.3, 0.4) is 0 Å². The summed E-state index contributed by atoms with van der Waals surface area (Å²) in [5.41, 5.74) is 7.61. The van der Waals surface area contributed by atoms with Crippen molar-refractivity contribution < 1.29 is 41.5 Å². The molecule has 160 valence electrons. The van der Waals surface area contributed by atoms with Crippen molar-refractivity contribution in [2.75, 3.05) is 13.1 Å². The van der Waals surface area contributed by atoms with Gasteiger partial charge in [0.1, 0.15) is 0 Å². The van der Waals surface area contributed by atoms with Crippen LogP contribution in [0, 0.1) is 0 Å². The molecule has 0 amide bonds. The minimum atomic E-state index is -2.08. The van der Waals surface area contributed by atoms with Crippen molar-refractivity contribution in [3.8, 4) is 0 Å². The quantitative estimate of drug-likeness (QED) is 0.365. The average Bonchev–Trinajstić information content (AvgIpc) is 2.54. The maximum absolute atomic E-state index is 8.44.